The van der Waals surface area contributed by atoms with Crippen molar-refractivity contribution < 1.29 is 14.3 Å². The molecule has 3 aromatic rings. The lowest BCUT2D eigenvalue weighted by Gasteiger charge is -2.38. The molecule has 1 amide bonds. The molecule has 3 aromatic carbocycles. The maximum atomic E-state index is 13.4. The van der Waals surface area contributed by atoms with Crippen molar-refractivity contribution in [3.8, 4) is 5.75 Å². The first kappa shape index (κ1) is 20.6. The molecule has 1 fully saturated rings. The molecule has 0 saturated carbocycles. The molecule has 0 aromatic heterocycles. The van der Waals surface area contributed by atoms with Gasteiger partial charge in [0.1, 0.15) is 18.5 Å². The Morgan fingerprint density at radius 3 is 2.69 bits per heavy atom. The predicted molar refractivity (Wildman–Crippen MR) is 125 cm³/mol. The summed E-state index contributed by atoms with van der Waals surface area (Å²) in [6.45, 7) is 1.99. The average Bonchev–Trinajstić information content (AvgIpc) is 3.37. The van der Waals surface area contributed by atoms with Crippen LogP contribution in [-0.4, -0.2) is 36.7 Å². The van der Waals surface area contributed by atoms with Gasteiger partial charge in [0.15, 0.2) is 0 Å². The Balaban J connectivity index is 1.39. The van der Waals surface area contributed by atoms with E-state index in [0.717, 1.165) is 42.9 Å². The number of nitrogens with one attached hydrogen (secondary N) is 1. The van der Waals surface area contributed by atoms with Gasteiger partial charge < -0.3 is 19.7 Å². The number of carbonyl (C=O) groups is 1. The number of rotatable bonds is 7. The van der Waals surface area contributed by atoms with E-state index in [-0.39, 0.29) is 18.2 Å². The predicted octanol–water partition coefficient (Wildman–Crippen LogP) is 5.05. The van der Waals surface area contributed by atoms with Crippen molar-refractivity contribution in [3.05, 3.63) is 95.6 Å². The minimum atomic E-state index is -0.257. The molecule has 2 unspecified atom stereocenters. The van der Waals surface area contributed by atoms with Crippen molar-refractivity contribution in [2.75, 3.05) is 25.1 Å². The number of anilines is 1. The first-order valence-electron chi connectivity index (χ1n) is 11.3. The molecule has 5 nitrogen and oxygen atoms in total. The molecule has 1 N–H and O–H groups in total. The van der Waals surface area contributed by atoms with Crippen LogP contribution in [0.3, 0.4) is 0 Å². The van der Waals surface area contributed by atoms with Crippen molar-refractivity contribution in [2.45, 2.75) is 31.5 Å². The van der Waals surface area contributed by atoms with E-state index >= 15 is 0 Å². The van der Waals surface area contributed by atoms with Crippen LogP contribution in [0.25, 0.3) is 0 Å². The Bertz CT molecular complexity index is 1060. The van der Waals surface area contributed by atoms with E-state index in [1.807, 2.05) is 71.6 Å². The zero-order chi connectivity index (χ0) is 21.8. The van der Waals surface area contributed by atoms with E-state index in [2.05, 4.69) is 17.4 Å². The summed E-state index contributed by atoms with van der Waals surface area (Å²) in [4.78, 5) is 15.4. The number of hydrogen-bond donors (Lipinski definition) is 1. The van der Waals surface area contributed by atoms with Crippen LogP contribution in [0.4, 0.5) is 5.69 Å². The van der Waals surface area contributed by atoms with Crippen LogP contribution in [0, 0.1) is 0 Å². The molecule has 32 heavy (non-hydrogen) atoms. The quantitative estimate of drug-likeness (QED) is 0.572. The van der Waals surface area contributed by atoms with Gasteiger partial charge >= 0.3 is 0 Å². The van der Waals surface area contributed by atoms with Gasteiger partial charge in [-0.3, -0.25) is 4.79 Å². The van der Waals surface area contributed by atoms with Crippen LogP contribution in [0.15, 0.2) is 78.9 Å². The summed E-state index contributed by atoms with van der Waals surface area (Å²) in [5.74, 6) is 0.847. The molecule has 0 radical (unpaired) electrons. The number of benzene rings is 3. The van der Waals surface area contributed by atoms with E-state index in [1.54, 1.807) is 0 Å². The van der Waals surface area contributed by atoms with Crippen molar-refractivity contribution in [3.63, 3.8) is 0 Å². The molecule has 2 aliphatic heterocycles. The highest BCUT2D eigenvalue weighted by molar-refractivity contribution is 6.01. The van der Waals surface area contributed by atoms with Gasteiger partial charge in [0.2, 0.25) is 0 Å². The van der Waals surface area contributed by atoms with Crippen molar-refractivity contribution in [1.82, 2.24) is 4.90 Å². The van der Waals surface area contributed by atoms with Crippen molar-refractivity contribution in [2.24, 2.45) is 0 Å². The lowest BCUT2D eigenvalue weighted by Crippen LogP contribution is -2.44. The maximum absolute atomic E-state index is 13.4. The van der Waals surface area contributed by atoms with E-state index in [4.69, 9.17) is 9.47 Å². The lowest BCUT2D eigenvalue weighted by atomic mass is 10.0. The number of carbonyl (C=O) groups excluding carboxylic acids is 1. The number of amides is 1. The number of nitrogens with zero attached hydrogens (tertiary/aromatic N) is 1. The third kappa shape index (κ3) is 4.48. The molecule has 1 saturated heterocycles. The maximum Gasteiger partial charge on any atom is 0.257 e. The molecule has 2 aliphatic rings. The zero-order valence-electron chi connectivity index (χ0n) is 18.1. The van der Waals surface area contributed by atoms with Gasteiger partial charge in [-0.1, -0.05) is 54.6 Å². The number of para-hydroxylation sites is 1. The van der Waals surface area contributed by atoms with Gasteiger partial charge in [-0.05, 0) is 54.7 Å². The first-order valence-corrected chi connectivity index (χ1v) is 11.3. The number of hydrogen-bond acceptors (Lipinski definition) is 4. The normalized spacial score (nSPS) is 20.0. The van der Waals surface area contributed by atoms with Gasteiger partial charge in [-0.15, -0.1) is 0 Å². The summed E-state index contributed by atoms with van der Waals surface area (Å²) in [7, 11) is 0. The SMILES string of the molecule is O=C1c2ccccc2NC(c2cccc(OCC3CCCO3)c2)N1CCc1ccccc1. The first-order chi connectivity index (χ1) is 15.8. The number of ether oxygens (including phenoxy) is 2. The average molecular weight is 429 g/mol. The largest absolute Gasteiger partial charge is 0.491 e. The second kappa shape index (κ2) is 9.45. The lowest BCUT2D eigenvalue weighted by molar-refractivity contribution is 0.0672. The Morgan fingerprint density at radius 2 is 1.84 bits per heavy atom. The summed E-state index contributed by atoms with van der Waals surface area (Å²) in [6.07, 6.45) is 2.84. The van der Waals surface area contributed by atoms with Crippen molar-refractivity contribution >= 4 is 11.6 Å². The molecule has 0 bridgehead atoms. The molecule has 2 atom stereocenters. The smallest absolute Gasteiger partial charge is 0.257 e. The van der Waals surface area contributed by atoms with Crippen LogP contribution >= 0.6 is 0 Å². The van der Waals surface area contributed by atoms with E-state index in [9.17, 15) is 4.79 Å². The summed E-state index contributed by atoms with van der Waals surface area (Å²) < 4.78 is 11.7. The monoisotopic (exact) mass is 428 g/mol. The second-order valence-electron chi connectivity index (χ2n) is 8.35. The third-order valence-electron chi connectivity index (χ3n) is 6.14. The van der Waals surface area contributed by atoms with Crippen LogP contribution in [0.2, 0.25) is 0 Å². The summed E-state index contributed by atoms with van der Waals surface area (Å²) >= 11 is 0. The highest BCUT2D eigenvalue weighted by Gasteiger charge is 2.32. The molecule has 164 valence electrons. The van der Waals surface area contributed by atoms with Crippen LogP contribution < -0.4 is 10.1 Å². The second-order valence-corrected chi connectivity index (χ2v) is 8.35. The zero-order valence-corrected chi connectivity index (χ0v) is 18.1. The van der Waals surface area contributed by atoms with E-state index in [0.29, 0.717) is 18.7 Å². The molecule has 5 heteroatoms. The minimum Gasteiger partial charge on any atom is -0.491 e. The summed E-state index contributed by atoms with van der Waals surface area (Å²) in [5, 5.41) is 3.58. The Kier molecular flexibility index (Phi) is 6.08. The molecule has 0 aliphatic carbocycles. The molecule has 2 heterocycles. The van der Waals surface area contributed by atoms with Gasteiger partial charge in [0, 0.05) is 18.8 Å². The Hall–Kier alpha value is -3.31. The fraction of sp³-hybridized carbons (Fsp3) is 0.296. The third-order valence-corrected chi connectivity index (χ3v) is 6.14. The molecule has 0 spiro atoms. The van der Waals surface area contributed by atoms with Gasteiger partial charge in [-0.25, -0.2) is 0 Å². The van der Waals surface area contributed by atoms with E-state index in [1.165, 1.54) is 5.56 Å². The van der Waals surface area contributed by atoms with Crippen LogP contribution in [-0.2, 0) is 11.2 Å². The summed E-state index contributed by atoms with van der Waals surface area (Å²) in [6, 6.07) is 26.0. The topological polar surface area (TPSA) is 50.8 Å². The Morgan fingerprint density at radius 1 is 1.00 bits per heavy atom. The fourth-order valence-electron chi connectivity index (χ4n) is 4.42. The van der Waals surface area contributed by atoms with Gasteiger partial charge in [0.25, 0.3) is 5.91 Å². The highest BCUT2D eigenvalue weighted by atomic mass is 16.5. The van der Waals surface area contributed by atoms with Gasteiger partial charge in [0.05, 0.1) is 11.7 Å². The minimum absolute atomic E-state index is 0.0472. The molecule has 5 rings (SSSR count). The summed E-state index contributed by atoms with van der Waals surface area (Å²) in [5.41, 5.74) is 3.80. The fourth-order valence-corrected chi connectivity index (χ4v) is 4.42. The van der Waals surface area contributed by atoms with Gasteiger partial charge in [-0.2, -0.15) is 0 Å². The molecular weight excluding hydrogens is 400 g/mol. The highest BCUT2D eigenvalue weighted by Crippen LogP contribution is 2.34. The molecular formula is C27H28N2O3. The van der Waals surface area contributed by atoms with Crippen LogP contribution in [0.1, 0.15) is 40.5 Å². The van der Waals surface area contributed by atoms with E-state index < -0.39 is 0 Å². The Labute approximate surface area is 189 Å². The van der Waals surface area contributed by atoms with Crippen LogP contribution in [0.5, 0.6) is 5.75 Å². The number of fused-ring (bicyclic) bond motifs is 1. The van der Waals surface area contributed by atoms with Crippen molar-refractivity contribution in [1.29, 1.82) is 0 Å². The standard InChI is InChI=1S/C27H28N2O3/c30-27-24-13-4-5-14-25(24)28-26(29(27)16-15-20-8-2-1-3-9-20)21-10-6-11-22(18-21)32-19-23-12-7-17-31-23/h1-6,8-11,13-14,18,23,26,28H,7,12,15-17,19H2.